The normalized spacial score (nSPS) is 26.4. The topological polar surface area (TPSA) is 64.6 Å². The summed E-state index contributed by atoms with van der Waals surface area (Å²) in [6, 6.07) is 0. The summed E-state index contributed by atoms with van der Waals surface area (Å²) >= 11 is 0. The van der Waals surface area contributed by atoms with Crippen molar-refractivity contribution in [1.29, 1.82) is 0 Å². The summed E-state index contributed by atoms with van der Waals surface area (Å²) in [5.74, 6) is -0.446. The summed E-state index contributed by atoms with van der Waals surface area (Å²) in [7, 11) is 1.33. The molecule has 3 atom stereocenters. The summed E-state index contributed by atoms with van der Waals surface area (Å²) in [4.78, 5) is 23.9. The van der Waals surface area contributed by atoms with Crippen LogP contribution in [0.25, 0.3) is 0 Å². The molecule has 0 aromatic heterocycles. The van der Waals surface area contributed by atoms with Crippen molar-refractivity contribution in [2.24, 2.45) is 5.92 Å². The Morgan fingerprint density at radius 2 is 2.17 bits per heavy atom. The molecule has 0 aliphatic carbocycles. The van der Waals surface area contributed by atoms with Crippen molar-refractivity contribution in [3.8, 4) is 0 Å². The Morgan fingerprint density at radius 1 is 1.50 bits per heavy atom. The third-order valence-corrected chi connectivity index (χ3v) is 3.43. The number of carbonyl (C=O) groups is 2. The Bertz CT molecular complexity index is 318. The molecule has 5 nitrogen and oxygen atoms in total. The highest BCUT2D eigenvalue weighted by molar-refractivity contribution is 5.89. The van der Waals surface area contributed by atoms with Crippen LogP contribution < -0.4 is 5.32 Å². The van der Waals surface area contributed by atoms with E-state index in [-0.39, 0.29) is 11.8 Å². The van der Waals surface area contributed by atoms with E-state index >= 15 is 0 Å². The zero-order valence-corrected chi connectivity index (χ0v) is 11.6. The minimum absolute atomic E-state index is 0.188. The molecule has 1 aliphatic rings. The molecular formula is C13H23NO4. The maximum Gasteiger partial charge on any atom is 0.331 e. The van der Waals surface area contributed by atoms with Gasteiger partial charge in [-0.3, -0.25) is 4.79 Å². The number of carbonyl (C=O) groups excluding carboxylic acids is 2. The van der Waals surface area contributed by atoms with Gasteiger partial charge in [0.05, 0.1) is 7.11 Å². The Balaban J connectivity index is 2.71. The lowest BCUT2D eigenvalue weighted by Gasteiger charge is -2.29. The predicted molar refractivity (Wildman–Crippen MR) is 67.0 cm³/mol. The number of methoxy groups -OCH3 is 1. The summed E-state index contributed by atoms with van der Waals surface area (Å²) in [6.07, 6.45) is 1.76. The second kappa shape index (κ2) is 6.18. The van der Waals surface area contributed by atoms with Gasteiger partial charge in [-0.05, 0) is 25.7 Å². The first-order chi connectivity index (χ1) is 8.44. The van der Waals surface area contributed by atoms with Crippen LogP contribution >= 0.6 is 0 Å². The van der Waals surface area contributed by atoms with Crippen LogP contribution in [0, 0.1) is 5.92 Å². The molecule has 18 heavy (non-hydrogen) atoms. The molecular weight excluding hydrogens is 234 g/mol. The van der Waals surface area contributed by atoms with Gasteiger partial charge in [0.2, 0.25) is 5.91 Å². The van der Waals surface area contributed by atoms with E-state index in [0.717, 1.165) is 12.8 Å². The van der Waals surface area contributed by atoms with Crippen LogP contribution in [0.3, 0.4) is 0 Å². The SMILES string of the molecule is CCCC(C)(NC(=O)C1OCCC1C)C(=O)OC. The first-order valence-electron chi connectivity index (χ1n) is 6.46. The summed E-state index contributed by atoms with van der Waals surface area (Å²) in [6.45, 7) is 6.23. The molecule has 0 bridgehead atoms. The highest BCUT2D eigenvalue weighted by Gasteiger charge is 2.39. The molecule has 1 N–H and O–H groups in total. The fourth-order valence-corrected chi connectivity index (χ4v) is 2.31. The molecule has 5 heteroatoms. The number of rotatable bonds is 5. The smallest absolute Gasteiger partial charge is 0.331 e. The van der Waals surface area contributed by atoms with Crippen molar-refractivity contribution in [3.63, 3.8) is 0 Å². The molecule has 0 aromatic rings. The summed E-state index contributed by atoms with van der Waals surface area (Å²) < 4.78 is 10.2. The van der Waals surface area contributed by atoms with Gasteiger partial charge in [-0.15, -0.1) is 0 Å². The predicted octanol–water partition coefficient (Wildman–Crippen LogP) is 1.26. The monoisotopic (exact) mass is 257 g/mol. The zero-order chi connectivity index (χ0) is 13.8. The van der Waals surface area contributed by atoms with Gasteiger partial charge in [0, 0.05) is 6.61 Å². The molecule has 1 saturated heterocycles. The van der Waals surface area contributed by atoms with Gasteiger partial charge >= 0.3 is 5.97 Å². The Morgan fingerprint density at radius 3 is 2.61 bits per heavy atom. The van der Waals surface area contributed by atoms with Crippen molar-refractivity contribution < 1.29 is 19.1 Å². The van der Waals surface area contributed by atoms with E-state index in [1.54, 1.807) is 6.92 Å². The van der Waals surface area contributed by atoms with E-state index in [9.17, 15) is 9.59 Å². The number of hydrogen-bond donors (Lipinski definition) is 1. The van der Waals surface area contributed by atoms with Crippen LogP contribution in [0.4, 0.5) is 0 Å². The average molecular weight is 257 g/mol. The second-order valence-electron chi connectivity index (χ2n) is 5.12. The molecule has 1 amide bonds. The third-order valence-electron chi connectivity index (χ3n) is 3.43. The van der Waals surface area contributed by atoms with Crippen LogP contribution in [0.2, 0.25) is 0 Å². The molecule has 0 saturated carbocycles. The molecule has 104 valence electrons. The molecule has 0 spiro atoms. The number of amides is 1. The molecule has 3 unspecified atom stereocenters. The minimum atomic E-state index is -0.966. The van der Waals surface area contributed by atoms with Gasteiger partial charge in [0.25, 0.3) is 0 Å². The highest BCUT2D eigenvalue weighted by atomic mass is 16.5. The molecule has 1 fully saturated rings. The van der Waals surface area contributed by atoms with E-state index in [1.165, 1.54) is 7.11 Å². The van der Waals surface area contributed by atoms with E-state index in [4.69, 9.17) is 9.47 Å². The molecule has 1 aliphatic heterocycles. The third kappa shape index (κ3) is 3.22. The number of esters is 1. The molecule has 0 aromatic carbocycles. The van der Waals surface area contributed by atoms with E-state index in [2.05, 4.69) is 5.32 Å². The van der Waals surface area contributed by atoms with Crippen LogP contribution in [0.5, 0.6) is 0 Å². The largest absolute Gasteiger partial charge is 0.467 e. The lowest BCUT2D eigenvalue weighted by atomic mass is 9.94. The first kappa shape index (κ1) is 15.0. The van der Waals surface area contributed by atoms with Gasteiger partial charge in [0.1, 0.15) is 11.6 Å². The maximum absolute atomic E-state index is 12.1. The fourth-order valence-electron chi connectivity index (χ4n) is 2.31. The van der Waals surface area contributed by atoms with Crippen LogP contribution in [-0.2, 0) is 19.1 Å². The summed E-state index contributed by atoms with van der Waals surface area (Å²) in [5, 5.41) is 2.78. The van der Waals surface area contributed by atoms with E-state index in [0.29, 0.717) is 13.0 Å². The van der Waals surface area contributed by atoms with Gasteiger partial charge in [-0.1, -0.05) is 20.3 Å². The van der Waals surface area contributed by atoms with Gasteiger partial charge < -0.3 is 14.8 Å². The number of hydrogen-bond acceptors (Lipinski definition) is 4. The average Bonchev–Trinajstić information content (AvgIpc) is 2.74. The lowest BCUT2D eigenvalue weighted by Crippen LogP contribution is -2.55. The van der Waals surface area contributed by atoms with Crippen molar-refractivity contribution in [3.05, 3.63) is 0 Å². The zero-order valence-electron chi connectivity index (χ0n) is 11.6. The Kier molecular flexibility index (Phi) is 5.14. The number of nitrogens with one attached hydrogen (secondary N) is 1. The van der Waals surface area contributed by atoms with Crippen LogP contribution in [0.15, 0.2) is 0 Å². The Hall–Kier alpha value is -1.10. The van der Waals surface area contributed by atoms with Crippen molar-refractivity contribution in [2.75, 3.05) is 13.7 Å². The fraction of sp³-hybridized carbons (Fsp3) is 0.846. The first-order valence-corrected chi connectivity index (χ1v) is 6.46. The molecule has 1 rings (SSSR count). The standard InChI is InChI=1S/C13H23NO4/c1-5-7-13(3,12(16)17-4)14-11(15)10-9(2)6-8-18-10/h9-10H,5-8H2,1-4H3,(H,14,15). The highest BCUT2D eigenvalue weighted by Crippen LogP contribution is 2.22. The van der Waals surface area contributed by atoms with Crippen LogP contribution in [-0.4, -0.2) is 37.2 Å². The van der Waals surface area contributed by atoms with Gasteiger partial charge in [-0.25, -0.2) is 4.79 Å². The van der Waals surface area contributed by atoms with Gasteiger partial charge in [0.15, 0.2) is 0 Å². The van der Waals surface area contributed by atoms with Crippen molar-refractivity contribution >= 4 is 11.9 Å². The molecule has 0 radical (unpaired) electrons. The van der Waals surface area contributed by atoms with Crippen LogP contribution in [0.1, 0.15) is 40.0 Å². The maximum atomic E-state index is 12.1. The van der Waals surface area contributed by atoms with E-state index in [1.807, 2.05) is 13.8 Å². The Labute approximate surface area is 108 Å². The summed E-state index contributed by atoms with van der Waals surface area (Å²) in [5.41, 5.74) is -0.966. The second-order valence-corrected chi connectivity index (χ2v) is 5.12. The van der Waals surface area contributed by atoms with Gasteiger partial charge in [-0.2, -0.15) is 0 Å². The quantitative estimate of drug-likeness (QED) is 0.753. The van der Waals surface area contributed by atoms with Crippen molar-refractivity contribution in [1.82, 2.24) is 5.32 Å². The lowest BCUT2D eigenvalue weighted by molar-refractivity contribution is -0.152. The van der Waals surface area contributed by atoms with Crippen molar-refractivity contribution in [2.45, 2.75) is 51.7 Å². The molecule has 1 heterocycles. The number of ether oxygens (including phenoxy) is 2. The van der Waals surface area contributed by atoms with E-state index < -0.39 is 17.6 Å². The minimum Gasteiger partial charge on any atom is -0.467 e.